The summed E-state index contributed by atoms with van der Waals surface area (Å²) in [5, 5.41) is 20.4. The number of rotatable bonds is 4. The van der Waals surface area contributed by atoms with Gasteiger partial charge in [-0.1, -0.05) is 71.9 Å². The van der Waals surface area contributed by atoms with Gasteiger partial charge in [0.1, 0.15) is 23.3 Å². The Morgan fingerprint density at radius 2 is 1.62 bits per heavy atom. The third kappa shape index (κ3) is 3.50. The summed E-state index contributed by atoms with van der Waals surface area (Å²) in [7, 11) is 0. The molecule has 0 bridgehead atoms. The number of pyridine rings is 1. The van der Waals surface area contributed by atoms with E-state index in [1.165, 1.54) is 11.8 Å². The summed E-state index contributed by atoms with van der Waals surface area (Å²) in [6.45, 7) is 0. The third-order valence-corrected chi connectivity index (χ3v) is 5.24. The minimum Gasteiger partial charge on any atom is -0.286 e. The standard InChI is InChI=1S/C20H13ClN4S/c21-17-9-5-4-8-14(17)18-15(10-22)19(24)25-20(16(18)11-23)26-12-13-6-2-1-3-7-13/h1-9H,12H2,(H2,24,25)/p+1. The lowest BCUT2D eigenvalue weighted by Gasteiger charge is -2.11. The fourth-order valence-electron chi connectivity index (χ4n) is 2.61. The van der Waals surface area contributed by atoms with E-state index in [4.69, 9.17) is 17.3 Å². The van der Waals surface area contributed by atoms with Gasteiger partial charge in [-0.25, -0.2) is 4.98 Å². The average Bonchev–Trinajstić information content (AvgIpc) is 2.67. The molecule has 0 aliphatic heterocycles. The molecule has 26 heavy (non-hydrogen) atoms. The number of nitrogens with two attached hydrogens (primary N) is 1. The van der Waals surface area contributed by atoms with Crippen LogP contribution < -0.4 is 10.7 Å². The van der Waals surface area contributed by atoms with E-state index in [1.807, 2.05) is 36.4 Å². The van der Waals surface area contributed by atoms with Gasteiger partial charge < -0.3 is 0 Å². The molecular weight excluding hydrogens is 364 g/mol. The molecule has 1 heterocycles. The van der Waals surface area contributed by atoms with Crippen LogP contribution in [0.15, 0.2) is 59.6 Å². The lowest BCUT2D eigenvalue weighted by molar-refractivity contribution is -0.410. The quantitative estimate of drug-likeness (QED) is 0.681. The van der Waals surface area contributed by atoms with Crippen LogP contribution in [0.3, 0.4) is 0 Å². The van der Waals surface area contributed by atoms with Crippen LogP contribution in [-0.4, -0.2) is 0 Å². The van der Waals surface area contributed by atoms with Crippen LogP contribution in [0, 0.1) is 22.7 Å². The van der Waals surface area contributed by atoms with E-state index in [2.05, 4.69) is 17.1 Å². The first-order chi connectivity index (χ1) is 12.7. The summed E-state index contributed by atoms with van der Waals surface area (Å²) in [6, 6.07) is 21.3. The molecule has 3 rings (SSSR count). The monoisotopic (exact) mass is 377 g/mol. The number of nitrogens with zero attached hydrogens (tertiary/aromatic N) is 2. The van der Waals surface area contributed by atoms with Gasteiger partial charge in [0.05, 0.1) is 0 Å². The van der Waals surface area contributed by atoms with Crippen LogP contribution in [0.5, 0.6) is 0 Å². The zero-order valence-corrected chi connectivity index (χ0v) is 15.2. The second-order valence-corrected chi connectivity index (χ2v) is 6.86. The van der Waals surface area contributed by atoms with Gasteiger partial charge in [-0.2, -0.15) is 10.5 Å². The van der Waals surface area contributed by atoms with Gasteiger partial charge in [-0.3, -0.25) is 5.73 Å². The number of hydrogen-bond acceptors (Lipinski definition) is 4. The van der Waals surface area contributed by atoms with Crippen molar-refractivity contribution in [1.82, 2.24) is 0 Å². The normalized spacial score (nSPS) is 10.1. The Kier molecular flexibility index (Phi) is 5.43. The van der Waals surface area contributed by atoms with E-state index < -0.39 is 0 Å². The van der Waals surface area contributed by atoms with Crippen LogP contribution in [0.25, 0.3) is 11.1 Å². The molecule has 1 aromatic heterocycles. The molecule has 0 fully saturated rings. The van der Waals surface area contributed by atoms with E-state index in [1.54, 1.807) is 18.2 Å². The SMILES string of the molecule is N#Cc1c(N)[nH+]c(SCc2ccccc2)c(C#N)c1-c1ccccc1Cl. The van der Waals surface area contributed by atoms with E-state index in [0.29, 0.717) is 32.5 Å². The summed E-state index contributed by atoms with van der Waals surface area (Å²) in [6.07, 6.45) is 0. The second kappa shape index (κ2) is 7.93. The number of anilines is 1. The molecule has 0 saturated heterocycles. The summed E-state index contributed by atoms with van der Waals surface area (Å²) < 4.78 is 0. The molecule has 3 N–H and O–H groups in total. The van der Waals surface area contributed by atoms with E-state index in [-0.39, 0.29) is 11.4 Å². The molecular formula is C20H14ClN4S+. The molecule has 3 aromatic rings. The summed E-state index contributed by atoms with van der Waals surface area (Å²) in [5.41, 5.74) is 8.86. The summed E-state index contributed by atoms with van der Waals surface area (Å²) in [4.78, 5) is 3.00. The number of hydrogen-bond donors (Lipinski definition) is 1. The Balaban J connectivity index is 2.14. The number of aromatic amines is 1. The van der Waals surface area contributed by atoms with Gasteiger partial charge in [-0.05, 0) is 11.6 Å². The molecule has 6 heteroatoms. The second-order valence-electron chi connectivity index (χ2n) is 5.47. The summed E-state index contributed by atoms with van der Waals surface area (Å²) in [5.74, 6) is 0.885. The molecule has 0 amide bonds. The number of nitrogens with one attached hydrogen (secondary N) is 1. The van der Waals surface area contributed by atoms with Crippen LogP contribution in [0.4, 0.5) is 5.82 Å². The van der Waals surface area contributed by atoms with Crippen molar-refractivity contribution in [3.05, 3.63) is 76.3 Å². The Morgan fingerprint density at radius 1 is 0.962 bits per heavy atom. The number of thioether (sulfide) groups is 1. The lowest BCUT2D eigenvalue weighted by Crippen LogP contribution is -2.18. The van der Waals surface area contributed by atoms with Gasteiger partial charge in [0.2, 0.25) is 0 Å². The van der Waals surface area contributed by atoms with Crippen molar-refractivity contribution in [3.8, 4) is 23.3 Å². The van der Waals surface area contributed by atoms with Gasteiger partial charge in [-0.15, -0.1) is 0 Å². The van der Waals surface area contributed by atoms with Crippen LogP contribution in [0.2, 0.25) is 5.02 Å². The van der Waals surface area contributed by atoms with Gasteiger partial charge in [0.15, 0.2) is 5.03 Å². The van der Waals surface area contributed by atoms with Gasteiger partial charge >= 0.3 is 0 Å². The minimum absolute atomic E-state index is 0.219. The topological polar surface area (TPSA) is 87.7 Å². The molecule has 4 nitrogen and oxygen atoms in total. The van der Waals surface area contributed by atoms with Crippen molar-refractivity contribution in [2.24, 2.45) is 0 Å². The number of H-pyrrole nitrogens is 1. The largest absolute Gasteiger partial charge is 0.289 e. The Bertz CT molecular complexity index is 1040. The van der Waals surface area contributed by atoms with Gasteiger partial charge in [0, 0.05) is 21.9 Å². The third-order valence-electron chi connectivity index (χ3n) is 3.84. The van der Waals surface area contributed by atoms with E-state index in [9.17, 15) is 10.5 Å². The summed E-state index contributed by atoms with van der Waals surface area (Å²) >= 11 is 7.78. The Labute approximate surface area is 160 Å². The molecule has 0 aliphatic rings. The molecule has 126 valence electrons. The maximum atomic E-state index is 9.78. The Hall–Kier alpha value is -2.99. The van der Waals surface area contributed by atoms with Gasteiger partial charge in [0.25, 0.3) is 5.82 Å². The maximum Gasteiger partial charge on any atom is 0.289 e. The fourth-order valence-corrected chi connectivity index (χ4v) is 3.82. The highest BCUT2D eigenvalue weighted by Crippen LogP contribution is 2.37. The molecule has 0 radical (unpaired) electrons. The predicted molar refractivity (Wildman–Crippen MR) is 103 cm³/mol. The zero-order chi connectivity index (χ0) is 18.5. The van der Waals surface area contributed by atoms with Crippen LogP contribution in [-0.2, 0) is 5.75 Å². The first-order valence-corrected chi connectivity index (χ1v) is 9.12. The van der Waals surface area contributed by atoms with Crippen molar-refractivity contribution in [1.29, 1.82) is 10.5 Å². The zero-order valence-electron chi connectivity index (χ0n) is 13.7. The van der Waals surface area contributed by atoms with Crippen molar-refractivity contribution in [3.63, 3.8) is 0 Å². The molecule has 2 aromatic carbocycles. The van der Waals surface area contributed by atoms with E-state index >= 15 is 0 Å². The van der Waals surface area contributed by atoms with Crippen molar-refractivity contribution >= 4 is 29.2 Å². The number of benzene rings is 2. The highest BCUT2D eigenvalue weighted by atomic mass is 35.5. The average molecular weight is 378 g/mol. The van der Waals surface area contributed by atoms with Crippen molar-refractivity contribution < 1.29 is 4.98 Å². The minimum atomic E-state index is 0.219. The lowest BCUT2D eigenvalue weighted by atomic mass is 9.97. The van der Waals surface area contributed by atoms with Crippen LogP contribution >= 0.6 is 23.4 Å². The molecule has 0 atom stereocenters. The molecule has 0 spiro atoms. The fraction of sp³-hybridized carbons (Fsp3) is 0.0500. The number of halogens is 1. The number of nitriles is 2. The highest BCUT2D eigenvalue weighted by Gasteiger charge is 2.24. The highest BCUT2D eigenvalue weighted by molar-refractivity contribution is 7.98. The smallest absolute Gasteiger partial charge is 0.286 e. The van der Waals surface area contributed by atoms with Crippen LogP contribution in [0.1, 0.15) is 16.7 Å². The molecule has 0 aliphatic carbocycles. The predicted octanol–water partition coefficient (Wildman–Crippen LogP) is 4.44. The number of nitrogen functional groups attached to an aromatic ring is 1. The maximum absolute atomic E-state index is 9.78. The first-order valence-electron chi connectivity index (χ1n) is 7.76. The first kappa shape index (κ1) is 17.8. The van der Waals surface area contributed by atoms with Crippen molar-refractivity contribution in [2.75, 3.05) is 5.73 Å². The van der Waals surface area contributed by atoms with E-state index in [0.717, 1.165) is 5.56 Å². The Morgan fingerprint density at radius 3 is 2.27 bits per heavy atom. The van der Waals surface area contributed by atoms with Crippen molar-refractivity contribution in [2.45, 2.75) is 10.8 Å². The number of aromatic nitrogens is 1. The molecule has 0 unspecified atom stereocenters. The molecule has 0 saturated carbocycles.